The summed E-state index contributed by atoms with van der Waals surface area (Å²) in [6.07, 6.45) is -0.559. The summed E-state index contributed by atoms with van der Waals surface area (Å²) in [6, 6.07) is 9.10. The minimum Gasteiger partial charge on any atom is -0.394 e. The molecular weight excluding hydrogens is 470 g/mol. The average molecular weight is 500 g/mol. The van der Waals surface area contributed by atoms with Crippen molar-refractivity contribution < 1.29 is 28.8 Å². The Morgan fingerprint density at radius 2 is 2.08 bits per heavy atom. The van der Waals surface area contributed by atoms with Crippen molar-refractivity contribution in [1.29, 1.82) is 0 Å². The van der Waals surface area contributed by atoms with Gasteiger partial charge in [0.15, 0.2) is 17.5 Å². The van der Waals surface area contributed by atoms with Gasteiger partial charge in [0.1, 0.15) is 18.3 Å². The third-order valence-electron chi connectivity index (χ3n) is 6.27. The van der Waals surface area contributed by atoms with Gasteiger partial charge in [-0.3, -0.25) is 19.9 Å². The highest BCUT2D eigenvalue weighted by molar-refractivity contribution is 5.91. The van der Waals surface area contributed by atoms with Gasteiger partial charge < -0.3 is 28.6 Å². The Morgan fingerprint density at radius 3 is 2.83 bits per heavy atom. The number of aromatic amines is 1. The lowest BCUT2D eigenvalue weighted by Crippen LogP contribution is -2.57. The van der Waals surface area contributed by atoms with Crippen molar-refractivity contribution in [3.05, 3.63) is 52.6 Å². The Bertz CT molecular complexity index is 1260. The highest BCUT2D eigenvalue weighted by Crippen LogP contribution is 2.37. The molecule has 0 saturated carbocycles. The summed E-state index contributed by atoms with van der Waals surface area (Å²) < 4.78 is 26.1. The van der Waals surface area contributed by atoms with Gasteiger partial charge in [0, 0.05) is 11.5 Å². The highest BCUT2D eigenvalue weighted by atomic mass is 16.7. The van der Waals surface area contributed by atoms with Crippen molar-refractivity contribution >= 4 is 23.0 Å². The molecule has 0 aliphatic carbocycles. The van der Waals surface area contributed by atoms with Crippen LogP contribution in [0, 0.1) is 5.92 Å². The van der Waals surface area contributed by atoms with Crippen molar-refractivity contribution in [1.82, 2.24) is 19.5 Å². The summed E-state index contributed by atoms with van der Waals surface area (Å²) >= 11 is 0. The molecule has 1 amide bonds. The van der Waals surface area contributed by atoms with Crippen LogP contribution in [0.5, 0.6) is 0 Å². The van der Waals surface area contributed by atoms with E-state index in [2.05, 4.69) is 20.3 Å². The first-order chi connectivity index (χ1) is 17.5. The lowest BCUT2D eigenvalue weighted by molar-refractivity contribution is -0.311. The molecule has 2 aliphatic rings. The molecule has 36 heavy (non-hydrogen) atoms. The molecule has 2 saturated heterocycles. The molecule has 5 atom stereocenters. The fourth-order valence-electron chi connectivity index (χ4n) is 4.42. The van der Waals surface area contributed by atoms with Crippen molar-refractivity contribution in [2.75, 3.05) is 31.7 Å². The summed E-state index contributed by atoms with van der Waals surface area (Å²) in [4.78, 5) is 36.1. The fourth-order valence-corrected chi connectivity index (χ4v) is 4.42. The minimum absolute atomic E-state index is 0.0295. The number of H-pyrrole nitrogens is 1. The standard InChI is InChI=1S/C24H29N5O7/c1-13(2)21(31)27-24-26-20-17(22(32)28-24)25-12-29(20)15-10-34-16-11-35-23(14-6-4-3-5-7-14)36-19(16)18(15)33-9-8-30/h3-7,12-13,15-16,18-19,23,30H,8-11H2,1-2H3,(H2,26,27,28,31,32)/t15-,16-,18+,19-,23?/m1/s1. The van der Waals surface area contributed by atoms with E-state index < -0.39 is 30.1 Å². The predicted octanol–water partition coefficient (Wildman–Crippen LogP) is 1.15. The number of hydrogen-bond donors (Lipinski definition) is 3. The van der Waals surface area contributed by atoms with E-state index in [1.165, 1.54) is 6.33 Å². The number of ether oxygens (including phenoxy) is 4. The monoisotopic (exact) mass is 499 g/mol. The number of aliphatic hydroxyl groups is 1. The third-order valence-corrected chi connectivity index (χ3v) is 6.27. The first-order valence-electron chi connectivity index (χ1n) is 11.9. The number of aromatic nitrogens is 4. The molecule has 5 rings (SSSR count). The number of benzene rings is 1. The van der Waals surface area contributed by atoms with Gasteiger partial charge >= 0.3 is 0 Å². The largest absolute Gasteiger partial charge is 0.394 e. The van der Waals surface area contributed by atoms with Crippen LogP contribution in [0.25, 0.3) is 11.2 Å². The molecule has 1 aromatic carbocycles. The van der Waals surface area contributed by atoms with Crippen molar-refractivity contribution in [3.8, 4) is 0 Å². The van der Waals surface area contributed by atoms with E-state index in [0.29, 0.717) is 6.61 Å². The van der Waals surface area contributed by atoms with Gasteiger partial charge in [-0.2, -0.15) is 4.98 Å². The van der Waals surface area contributed by atoms with Gasteiger partial charge in [0.05, 0.1) is 38.8 Å². The number of nitrogens with zero attached hydrogens (tertiary/aromatic N) is 3. The number of aliphatic hydroxyl groups excluding tert-OH is 1. The number of carbonyl (C=O) groups is 1. The molecule has 3 aromatic rings. The maximum absolute atomic E-state index is 12.7. The number of anilines is 1. The zero-order chi connectivity index (χ0) is 25.2. The normalized spacial score (nSPS) is 26.2. The van der Waals surface area contributed by atoms with Crippen LogP contribution in [0.4, 0.5) is 5.95 Å². The Kier molecular flexibility index (Phi) is 7.12. The van der Waals surface area contributed by atoms with Crippen LogP contribution in [0.1, 0.15) is 31.7 Å². The quantitative estimate of drug-likeness (QED) is 0.435. The molecule has 3 N–H and O–H groups in total. The van der Waals surface area contributed by atoms with Crippen molar-refractivity contribution in [3.63, 3.8) is 0 Å². The summed E-state index contributed by atoms with van der Waals surface area (Å²) in [5.74, 6) is -0.542. The van der Waals surface area contributed by atoms with E-state index >= 15 is 0 Å². The zero-order valence-corrected chi connectivity index (χ0v) is 20.0. The molecule has 12 nitrogen and oxygen atoms in total. The van der Waals surface area contributed by atoms with Crippen LogP contribution in [0.3, 0.4) is 0 Å². The van der Waals surface area contributed by atoms with Crippen LogP contribution >= 0.6 is 0 Å². The fraction of sp³-hybridized carbons (Fsp3) is 0.500. The van der Waals surface area contributed by atoms with Crippen LogP contribution in [-0.4, -0.2) is 75.3 Å². The molecular formula is C24H29N5O7. The third kappa shape index (κ3) is 4.77. The molecule has 2 aliphatic heterocycles. The number of imidazole rings is 1. The van der Waals surface area contributed by atoms with Crippen LogP contribution in [0.15, 0.2) is 41.5 Å². The Labute approximate surface area is 206 Å². The minimum atomic E-state index is -0.603. The van der Waals surface area contributed by atoms with Crippen LogP contribution in [-0.2, 0) is 23.7 Å². The van der Waals surface area contributed by atoms with Gasteiger partial charge in [0.2, 0.25) is 11.9 Å². The van der Waals surface area contributed by atoms with E-state index in [0.717, 1.165) is 5.56 Å². The number of fused-ring (bicyclic) bond motifs is 2. The Hall–Kier alpha value is -3.16. The van der Waals surface area contributed by atoms with E-state index in [9.17, 15) is 14.7 Å². The second kappa shape index (κ2) is 10.4. The Balaban J connectivity index is 1.48. The lowest BCUT2D eigenvalue weighted by atomic mass is 9.96. The van der Waals surface area contributed by atoms with Crippen molar-refractivity contribution in [2.24, 2.45) is 5.92 Å². The molecule has 2 fully saturated rings. The van der Waals surface area contributed by atoms with Gasteiger partial charge in [-0.1, -0.05) is 44.2 Å². The molecule has 0 radical (unpaired) electrons. The van der Waals surface area contributed by atoms with Crippen LogP contribution in [0.2, 0.25) is 0 Å². The van der Waals surface area contributed by atoms with Crippen LogP contribution < -0.4 is 10.9 Å². The molecule has 1 unspecified atom stereocenters. The van der Waals surface area contributed by atoms with E-state index in [1.54, 1.807) is 18.4 Å². The number of nitrogens with one attached hydrogen (secondary N) is 2. The number of rotatable bonds is 7. The summed E-state index contributed by atoms with van der Waals surface area (Å²) in [6.45, 7) is 3.92. The molecule has 0 spiro atoms. The predicted molar refractivity (Wildman–Crippen MR) is 127 cm³/mol. The van der Waals surface area contributed by atoms with Gasteiger partial charge in [-0.15, -0.1) is 0 Å². The summed E-state index contributed by atoms with van der Waals surface area (Å²) in [5.41, 5.74) is 0.780. The number of hydrogen-bond acceptors (Lipinski definition) is 9. The second-order valence-electron chi connectivity index (χ2n) is 9.06. The molecule has 0 bridgehead atoms. The second-order valence-corrected chi connectivity index (χ2v) is 9.06. The lowest BCUT2D eigenvalue weighted by Gasteiger charge is -2.46. The van der Waals surface area contributed by atoms with Gasteiger partial charge in [0.25, 0.3) is 5.56 Å². The first kappa shape index (κ1) is 24.5. The summed E-state index contributed by atoms with van der Waals surface area (Å²) in [5, 5.41) is 12.1. The van der Waals surface area contributed by atoms with Crippen molar-refractivity contribution in [2.45, 2.75) is 44.5 Å². The number of amides is 1. The topological polar surface area (TPSA) is 150 Å². The van der Waals surface area contributed by atoms with E-state index in [-0.39, 0.29) is 54.9 Å². The van der Waals surface area contributed by atoms with Gasteiger partial charge in [-0.05, 0) is 0 Å². The molecule has 4 heterocycles. The molecule has 192 valence electrons. The van der Waals surface area contributed by atoms with E-state index in [1.807, 2.05) is 30.3 Å². The van der Waals surface area contributed by atoms with Gasteiger partial charge in [-0.25, -0.2) is 4.98 Å². The smallest absolute Gasteiger partial charge is 0.280 e. The maximum atomic E-state index is 12.7. The van der Waals surface area contributed by atoms with E-state index in [4.69, 9.17) is 18.9 Å². The summed E-state index contributed by atoms with van der Waals surface area (Å²) in [7, 11) is 0. The first-order valence-corrected chi connectivity index (χ1v) is 11.9. The zero-order valence-electron chi connectivity index (χ0n) is 20.0. The average Bonchev–Trinajstić information content (AvgIpc) is 3.31. The molecule has 2 aromatic heterocycles. The molecule has 12 heteroatoms. The highest BCUT2D eigenvalue weighted by Gasteiger charge is 2.47. The Morgan fingerprint density at radius 1 is 1.28 bits per heavy atom. The maximum Gasteiger partial charge on any atom is 0.280 e. The number of carbonyl (C=O) groups excluding carboxylic acids is 1. The SMILES string of the molecule is CC(C)C(=O)Nc1nc2c(ncn2[C@@H]2CO[C@@H]3COC(c4ccccc4)O[C@H]3[C@H]2OCCO)c(=O)[nH]1.